The number of rotatable bonds is 3. The van der Waals surface area contributed by atoms with Gasteiger partial charge in [0, 0.05) is 12.1 Å². The molecule has 0 aromatic carbocycles. The van der Waals surface area contributed by atoms with E-state index >= 15 is 0 Å². The van der Waals surface area contributed by atoms with E-state index in [-0.39, 0.29) is 0 Å². The maximum absolute atomic E-state index is 5.62. The minimum atomic E-state index is 0.629. The summed E-state index contributed by atoms with van der Waals surface area (Å²) < 4.78 is 4.05. The molecule has 13 heavy (non-hydrogen) atoms. The molecule has 0 spiro atoms. The van der Waals surface area contributed by atoms with Crippen LogP contribution in [0, 0.1) is 6.92 Å². The Morgan fingerprint density at radius 2 is 2.31 bits per heavy atom. The van der Waals surface area contributed by atoms with Crippen molar-refractivity contribution >= 4 is 22.4 Å². The van der Waals surface area contributed by atoms with Crippen molar-refractivity contribution < 1.29 is 0 Å². The van der Waals surface area contributed by atoms with E-state index in [0.717, 1.165) is 17.1 Å². The number of aromatic nitrogens is 1. The monoisotopic (exact) mass is 197 g/mol. The predicted molar refractivity (Wildman–Crippen MR) is 59.2 cm³/mol. The summed E-state index contributed by atoms with van der Waals surface area (Å²) in [6.45, 7) is 6.97. The number of hydrogen-bond acceptors (Lipinski definition) is 4. The van der Waals surface area contributed by atoms with Gasteiger partial charge in [-0.1, -0.05) is 11.6 Å². The summed E-state index contributed by atoms with van der Waals surface area (Å²) in [5.41, 5.74) is 7.97. The summed E-state index contributed by atoms with van der Waals surface area (Å²) in [6, 6.07) is 0. The van der Waals surface area contributed by atoms with Crippen molar-refractivity contribution in [1.29, 1.82) is 0 Å². The third-order valence-electron chi connectivity index (χ3n) is 1.73. The molecule has 0 aliphatic rings. The van der Waals surface area contributed by atoms with Crippen molar-refractivity contribution in [2.45, 2.75) is 20.8 Å². The summed E-state index contributed by atoms with van der Waals surface area (Å²) >= 11 is 1.41. The summed E-state index contributed by atoms with van der Waals surface area (Å²) in [6.07, 6.45) is 2.13. The summed E-state index contributed by atoms with van der Waals surface area (Å²) in [5, 5.41) is 4.33. The van der Waals surface area contributed by atoms with Gasteiger partial charge in [0.25, 0.3) is 0 Å². The molecule has 0 fully saturated rings. The molecule has 0 radical (unpaired) electrons. The fraction of sp³-hybridized carbons (Fsp3) is 0.444. The highest BCUT2D eigenvalue weighted by Crippen LogP contribution is 2.24. The quantitative estimate of drug-likeness (QED) is 0.732. The van der Waals surface area contributed by atoms with Crippen molar-refractivity contribution in [2.75, 3.05) is 17.6 Å². The Morgan fingerprint density at radius 1 is 1.62 bits per heavy atom. The molecule has 0 saturated heterocycles. The lowest BCUT2D eigenvalue weighted by Crippen LogP contribution is -1.98. The molecular weight excluding hydrogens is 182 g/mol. The van der Waals surface area contributed by atoms with E-state index < -0.39 is 0 Å². The first-order valence-electron chi connectivity index (χ1n) is 4.20. The second-order valence-electron chi connectivity index (χ2n) is 3.18. The van der Waals surface area contributed by atoms with E-state index in [4.69, 9.17) is 5.73 Å². The van der Waals surface area contributed by atoms with Crippen LogP contribution in [0.5, 0.6) is 0 Å². The number of nitrogen functional groups attached to an aromatic ring is 1. The first-order chi connectivity index (χ1) is 6.11. The topological polar surface area (TPSA) is 50.9 Å². The lowest BCUT2D eigenvalue weighted by Gasteiger charge is -2.00. The number of nitrogens with zero attached hydrogens (tertiary/aromatic N) is 1. The zero-order valence-corrected chi connectivity index (χ0v) is 9.03. The second kappa shape index (κ2) is 4.28. The molecule has 0 aliphatic carbocycles. The third kappa shape index (κ3) is 2.73. The van der Waals surface area contributed by atoms with Gasteiger partial charge in [-0.15, -0.1) is 0 Å². The summed E-state index contributed by atoms with van der Waals surface area (Å²) in [7, 11) is 0. The van der Waals surface area contributed by atoms with E-state index in [1.165, 1.54) is 17.1 Å². The SMILES string of the molecule is CC(C)=CCNc1snc(N)c1C. The van der Waals surface area contributed by atoms with Crippen molar-refractivity contribution in [1.82, 2.24) is 4.37 Å². The fourth-order valence-electron chi connectivity index (χ4n) is 0.861. The van der Waals surface area contributed by atoms with Crippen molar-refractivity contribution in [3.05, 3.63) is 17.2 Å². The van der Waals surface area contributed by atoms with E-state index in [9.17, 15) is 0 Å². The third-order valence-corrected chi connectivity index (χ3v) is 2.65. The van der Waals surface area contributed by atoms with Crippen LogP contribution in [-0.4, -0.2) is 10.9 Å². The van der Waals surface area contributed by atoms with Crippen LogP contribution in [0.15, 0.2) is 11.6 Å². The van der Waals surface area contributed by atoms with Gasteiger partial charge in [-0.2, -0.15) is 4.37 Å². The lowest BCUT2D eigenvalue weighted by atomic mass is 10.3. The van der Waals surface area contributed by atoms with Crippen LogP contribution < -0.4 is 11.1 Å². The molecule has 3 N–H and O–H groups in total. The molecule has 0 amide bonds. The van der Waals surface area contributed by atoms with E-state index in [1.807, 2.05) is 6.92 Å². The number of hydrogen-bond donors (Lipinski definition) is 2. The summed E-state index contributed by atoms with van der Waals surface area (Å²) in [4.78, 5) is 0. The van der Waals surface area contributed by atoms with Crippen molar-refractivity contribution in [3.8, 4) is 0 Å². The van der Waals surface area contributed by atoms with Crippen LogP contribution in [-0.2, 0) is 0 Å². The molecule has 0 saturated carbocycles. The maximum atomic E-state index is 5.62. The molecule has 0 atom stereocenters. The molecule has 1 aromatic heterocycles. The molecule has 1 heterocycles. The molecule has 0 unspecified atom stereocenters. The van der Waals surface area contributed by atoms with E-state index in [0.29, 0.717) is 5.82 Å². The molecule has 0 aliphatic heterocycles. The molecule has 72 valence electrons. The Hall–Kier alpha value is -1.03. The maximum Gasteiger partial charge on any atom is 0.142 e. The number of allylic oxidation sites excluding steroid dienone is 1. The highest BCUT2D eigenvalue weighted by atomic mass is 32.1. The Labute approximate surface area is 82.8 Å². The van der Waals surface area contributed by atoms with E-state index in [1.54, 1.807) is 0 Å². The molecular formula is C9H15N3S. The second-order valence-corrected chi connectivity index (χ2v) is 3.96. The van der Waals surface area contributed by atoms with Gasteiger partial charge in [0.15, 0.2) is 0 Å². The van der Waals surface area contributed by atoms with Gasteiger partial charge in [-0.25, -0.2) is 0 Å². The van der Waals surface area contributed by atoms with Gasteiger partial charge in [-0.3, -0.25) is 0 Å². The fourth-order valence-corrected chi connectivity index (χ4v) is 1.58. The molecule has 3 nitrogen and oxygen atoms in total. The number of nitrogens with two attached hydrogens (primary N) is 1. The minimum absolute atomic E-state index is 0.629. The van der Waals surface area contributed by atoms with Crippen molar-refractivity contribution in [2.24, 2.45) is 0 Å². The van der Waals surface area contributed by atoms with Crippen LogP contribution in [0.25, 0.3) is 0 Å². The zero-order valence-electron chi connectivity index (χ0n) is 8.22. The van der Waals surface area contributed by atoms with Crippen molar-refractivity contribution in [3.63, 3.8) is 0 Å². The van der Waals surface area contributed by atoms with Crippen LogP contribution in [0.3, 0.4) is 0 Å². The Morgan fingerprint density at radius 3 is 2.77 bits per heavy atom. The average molecular weight is 197 g/mol. The van der Waals surface area contributed by atoms with Gasteiger partial charge in [0.1, 0.15) is 10.8 Å². The zero-order chi connectivity index (χ0) is 9.84. The minimum Gasteiger partial charge on any atom is -0.383 e. The van der Waals surface area contributed by atoms with Crippen LogP contribution in [0.1, 0.15) is 19.4 Å². The molecule has 4 heteroatoms. The van der Waals surface area contributed by atoms with Crippen LogP contribution in [0.2, 0.25) is 0 Å². The van der Waals surface area contributed by atoms with Gasteiger partial charge in [0.2, 0.25) is 0 Å². The van der Waals surface area contributed by atoms with Gasteiger partial charge in [0.05, 0.1) is 0 Å². The van der Waals surface area contributed by atoms with E-state index in [2.05, 4.69) is 29.6 Å². The molecule has 1 rings (SSSR count). The number of nitrogens with one attached hydrogen (secondary N) is 1. The highest BCUT2D eigenvalue weighted by molar-refractivity contribution is 7.10. The molecule has 1 aromatic rings. The molecule has 0 bridgehead atoms. The van der Waals surface area contributed by atoms with Gasteiger partial charge in [-0.05, 0) is 32.3 Å². The van der Waals surface area contributed by atoms with Gasteiger partial charge < -0.3 is 11.1 Å². The summed E-state index contributed by atoms with van der Waals surface area (Å²) in [5.74, 6) is 0.629. The first-order valence-corrected chi connectivity index (χ1v) is 4.97. The lowest BCUT2D eigenvalue weighted by molar-refractivity contribution is 1.27. The Bertz CT molecular complexity index is 311. The Kier molecular flexibility index (Phi) is 3.31. The van der Waals surface area contributed by atoms with Crippen LogP contribution in [0.4, 0.5) is 10.8 Å². The van der Waals surface area contributed by atoms with Crippen LogP contribution >= 0.6 is 11.5 Å². The van der Waals surface area contributed by atoms with Gasteiger partial charge >= 0.3 is 0 Å². The number of anilines is 2. The first kappa shape index (κ1) is 10.1. The Balaban J connectivity index is 2.55. The smallest absolute Gasteiger partial charge is 0.142 e. The average Bonchev–Trinajstić information content (AvgIpc) is 2.35. The standard InChI is InChI=1S/C9H15N3S/c1-6(2)4-5-11-9-7(3)8(10)12-13-9/h4,11H,5H2,1-3H3,(H2,10,12). The largest absolute Gasteiger partial charge is 0.383 e. The predicted octanol–water partition coefficient (Wildman–Crippen LogP) is 2.41. The normalized spacial score (nSPS) is 9.77. The highest BCUT2D eigenvalue weighted by Gasteiger charge is 2.04.